The first-order valence-electron chi connectivity index (χ1n) is 11.5. The minimum atomic E-state index is -3.43. The molecule has 4 heterocycles. The van der Waals surface area contributed by atoms with Crippen LogP contribution in [0.2, 0.25) is 0 Å². The number of nitrogens with zero attached hydrogens (tertiary/aromatic N) is 3. The average Bonchev–Trinajstić information content (AvgIpc) is 3.54. The molecule has 0 bridgehead atoms. The quantitative estimate of drug-likeness (QED) is 0.316. The van der Waals surface area contributed by atoms with Gasteiger partial charge in [-0.1, -0.05) is 12.1 Å². The molecule has 10 heteroatoms. The molecule has 0 radical (unpaired) electrons. The van der Waals surface area contributed by atoms with Gasteiger partial charge in [-0.2, -0.15) is 4.98 Å². The zero-order chi connectivity index (χ0) is 24.7. The lowest BCUT2D eigenvalue weighted by Crippen LogP contribution is -2.23. The van der Waals surface area contributed by atoms with Crippen LogP contribution in [-0.4, -0.2) is 35.8 Å². The highest BCUT2D eigenvalue weighted by atomic mass is 32.2. The summed E-state index contributed by atoms with van der Waals surface area (Å²) in [5.74, 6) is 1.10. The Kier molecular flexibility index (Phi) is 5.46. The van der Waals surface area contributed by atoms with Gasteiger partial charge in [-0.05, 0) is 60.5 Å². The van der Waals surface area contributed by atoms with E-state index in [9.17, 15) is 8.42 Å². The predicted molar refractivity (Wildman–Crippen MR) is 140 cm³/mol. The van der Waals surface area contributed by atoms with Gasteiger partial charge in [0.15, 0.2) is 5.82 Å². The monoisotopic (exact) mass is 500 g/mol. The third-order valence-electron chi connectivity index (χ3n) is 6.21. The van der Waals surface area contributed by atoms with Crippen LogP contribution in [0.1, 0.15) is 11.1 Å². The first kappa shape index (κ1) is 22.3. The second-order valence-electron chi connectivity index (χ2n) is 8.78. The number of sulfonamides is 1. The summed E-state index contributed by atoms with van der Waals surface area (Å²) in [5.41, 5.74) is 6.48. The zero-order valence-electron chi connectivity index (χ0n) is 19.5. The molecule has 0 spiro atoms. The van der Waals surface area contributed by atoms with Crippen molar-refractivity contribution in [1.82, 2.24) is 19.9 Å². The van der Waals surface area contributed by atoms with E-state index in [0.717, 1.165) is 53.5 Å². The van der Waals surface area contributed by atoms with Crippen LogP contribution in [0, 0.1) is 0 Å². The second kappa shape index (κ2) is 8.81. The maximum absolute atomic E-state index is 11.9. The molecule has 1 aliphatic rings. The lowest BCUT2D eigenvalue weighted by molar-refractivity contribution is 0.568. The molecule has 0 amide bonds. The number of furan rings is 1. The summed E-state index contributed by atoms with van der Waals surface area (Å²) in [4.78, 5) is 9.46. The van der Waals surface area contributed by atoms with Crippen LogP contribution in [-0.2, 0) is 23.0 Å². The average molecular weight is 501 g/mol. The molecule has 0 unspecified atom stereocenters. The van der Waals surface area contributed by atoms with E-state index in [-0.39, 0.29) is 0 Å². The van der Waals surface area contributed by atoms with E-state index in [2.05, 4.69) is 32.5 Å². The van der Waals surface area contributed by atoms with Gasteiger partial charge >= 0.3 is 0 Å². The third kappa shape index (κ3) is 4.32. The van der Waals surface area contributed by atoms with Crippen molar-refractivity contribution in [2.45, 2.75) is 13.0 Å². The van der Waals surface area contributed by atoms with E-state index in [4.69, 9.17) is 9.40 Å². The van der Waals surface area contributed by atoms with Crippen molar-refractivity contribution in [3.63, 3.8) is 0 Å². The molecule has 0 atom stereocenters. The number of anilines is 3. The molecule has 36 heavy (non-hydrogen) atoms. The molecular weight excluding hydrogens is 476 g/mol. The highest BCUT2D eigenvalue weighted by Gasteiger charge is 2.17. The van der Waals surface area contributed by atoms with Crippen LogP contribution < -0.4 is 15.4 Å². The fourth-order valence-corrected chi connectivity index (χ4v) is 5.14. The molecule has 0 aliphatic carbocycles. The maximum Gasteiger partial charge on any atom is 0.229 e. The smallest absolute Gasteiger partial charge is 0.229 e. The van der Waals surface area contributed by atoms with Crippen LogP contribution in [0.25, 0.3) is 27.8 Å². The summed E-state index contributed by atoms with van der Waals surface area (Å²) < 4.78 is 33.6. The van der Waals surface area contributed by atoms with E-state index in [1.165, 1.54) is 11.1 Å². The number of nitrogens with one attached hydrogen (secondary N) is 3. The topological polar surface area (TPSA) is 114 Å². The fraction of sp³-hybridized carbons (Fsp3) is 0.154. The first-order chi connectivity index (χ1) is 17.4. The fourth-order valence-electron chi connectivity index (χ4n) is 4.56. The minimum absolute atomic E-state index is 0.457. The predicted octanol–water partition coefficient (Wildman–Crippen LogP) is 4.44. The number of hydrogen-bond donors (Lipinski definition) is 3. The Bertz CT molecular complexity index is 1680. The highest BCUT2D eigenvalue weighted by molar-refractivity contribution is 7.92. The molecular formula is C26H24N6O3S. The molecule has 2 aromatic carbocycles. The number of benzene rings is 2. The maximum atomic E-state index is 11.9. The van der Waals surface area contributed by atoms with Gasteiger partial charge in [-0.15, -0.1) is 0 Å². The van der Waals surface area contributed by atoms with E-state index in [1.54, 1.807) is 24.8 Å². The van der Waals surface area contributed by atoms with Gasteiger partial charge in [0.2, 0.25) is 16.0 Å². The Labute approximate surface area is 208 Å². The lowest BCUT2D eigenvalue weighted by Gasteiger charge is -2.18. The van der Waals surface area contributed by atoms with Crippen LogP contribution in [0.5, 0.6) is 0 Å². The molecule has 0 saturated carbocycles. The Morgan fingerprint density at radius 1 is 1.11 bits per heavy atom. The molecule has 5 aromatic rings. The van der Waals surface area contributed by atoms with Gasteiger partial charge in [0.1, 0.15) is 0 Å². The molecule has 9 nitrogen and oxygen atoms in total. The first-order valence-corrected chi connectivity index (χ1v) is 13.4. The lowest BCUT2D eigenvalue weighted by atomic mass is 10.0. The van der Waals surface area contributed by atoms with Gasteiger partial charge in [0, 0.05) is 41.1 Å². The van der Waals surface area contributed by atoms with Crippen LogP contribution >= 0.6 is 0 Å². The van der Waals surface area contributed by atoms with Crippen LogP contribution in [0.4, 0.5) is 17.3 Å². The Hall–Kier alpha value is -4.15. The van der Waals surface area contributed by atoms with Crippen molar-refractivity contribution < 1.29 is 12.8 Å². The summed E-state index contributed by atoms with van der Waals surface area (Å²) in [6, 6.07) is 15.5. The van der Waals surface area contributed by atoms with Crippen molar-refractivity contribution in [2.24, 2.45) is 0 Å². The number of rotatable bonds is 6. The van der Waals surface area contributed by atoms with Gasteiger partial charge < -0.3 is 19.6 Å². The summed E-state index contributed by atoms with van der Waals surface area (Å²) in [5, 5.41) is 7.50. The third-order valence-corrected chi connectivity index (χ3v) is 6.80. The van der Waals surface area contributed by atoms with Crippen molar-refractivity contribution in [2.75, 3.05) is 22.8 Å². The van der Waals surface area contributed by atoms with Crippen molar-refractivity contribution in [1.29, 1.82) is 0 Å². The number of hydrogen-bond acceptors (Lipinski definition) is 7. The van der Waals surface area contributed by atoms with E-state index in [1.807, 2.05) is 41.1 Å². The Morgan fingerprint density at radius 3 is 2.86 bits per heavy atom. The summed E-state index contributed by atoms with van der Waals surface area (Å²) in [6.45, 7) is 1.85. The molecule has 182 valence electrons. The summed E-state index contributed by atoms with van der Waals surface area (Å²) in [7, 11) is -3.43. The Balaban J connectivity index is 1.45. The van der Waals surface area contributed by atoms with Crippen molar-refractivity contribution >= 4 is 38.2 Å². The standard InChI is InChI=1S/C26H24N6O3S/c1-36(33,34)31-23-3-2-4-24-21(23)8-11-32(24)25-22(19-9-12-35-16-19)15-28-26(30-25)29-20-6-5-18-14-27-10-7-17(18)13-20/h2-6,8-9,11-13,15-16,27,31H,7,10,14H2,1H3,(H,28,29,30). The van der Waals surface area contributed by atoms with Crippen LogP contribution in [0.3, 0.4) is 0 Å². The largest absolute Gasteiger partial charge is 0.472 e. The minimum Gasteiger partial charge on any atom is -0.472 e. The normalized spacial score (nSPS) is 13.5. The highest BCUT2D eigenvalue weighted by Crippen LogP contribution is 2.32. The van der Waals surface area contributed by atoms with Gasteiger partial charge in [-0.3, -0.25) is 4.72 Å². The van der Waals surface area contributed by atoms with E-state index < -0.39 is 10.0 Å². The second-order valence-corrected chi connectivity index (χ2v) is 10.5. The van der Waals surface area contributed by atoms with Gasteiger partial charge in [-0.25, -0.2) is 13.4 Å². The van der Waals surface area contributed by atoms with E-state index >= 15 is 0 Å². The van der Waals surface area contributed by atoms with E-state index in [0.29, 0.717) is 17.5 Å². The van der Waals surface area contributed by atoms with Crippen LogP contribution in [0.15, 0.2) is 77.9 Å². The molecule has 6 rings (SSSR count). The molecule has 3 N–H and O–H groups in total. The Morgan fingerprint density at radius 2 is 2.03 bits per heavy atom. The molecule has 3 aromatic heterocycles. The molecule has 1 aliphatic heterocycles. The van der Waals surface area contributed by atoms with Crippen molar-refractivity contribution in [3.8, 4) is 16.9 Å². The number of aromatic nitrogens is 3. The van der Waals surface area contributed by atoms with Gasteiger partial charge in [0.05, 0.1) is 30.0 Å². The number of fused-ring (bicyclic) bond motifs is 2. The molecule has 0 saturated heterocycles. The zero-order valence-corrected chi connectivity index (χ0v) is 20.3. The van der Waals surface area contributed by atoms with Gasteiger partial charge in [0.25, 0.3) is 0 Å². The summed E-state index contributed by atoms with van der Waals surface area (Å²) in [6.07, 6.45) is 9.02. The SMILES string of the molecule is CS(=O)(=O)Nc1cccc2c1ccn2-c1nc(Nc2ccc3c(c2)CCNC3)ncc1-c1ccoc1. The summed E-state index contributed by atoms with van der Waals surface area (Å²) >= 11 is 0. The molecule has 0 fully saturated rings. The van der Waals surface area contributed by atoms with Crippen molar-refractivity contribution in [3.05, 3.63) is 84.6 Å².